The van der Waals surface area contributed by atoms with E-state index in [9.17, 15) is 23.1 Å². The van der Waals surface area contributed by atoms with Gasteiger partial charge in [0, 0.05) is 6.54 Å². The lowest BCUT2D eigenvalue weighted by molar-refractivity contribution is -0.137. The molecular formula is C24H25ClF3N2O4-. The zero-order valence-corrected chi connectivity index (χ0v) is 19.0. The molecule has 10 heteroatoms. The monoisotopic (exact) mass is 497 g/mol. The van der Waals surface area contributed by atoms with Crippen LogP contribution in [-0.2, 0) is 11.0 Å². The summed E-state index contributed by atoms with van der Waals surface area (Å²) in [5.41, 5.74) is 7.84. The molecule has 3 N–H and O–H groups in total. The molecule has 0 bridgehead atoms. The van der Waals surface area contributed by atoms with Crippen molar-refractivity contribution in [2.75, 3.05) is 26.3 Å². The number of aliphatic carboxylic acids is 1. The Morgan fingerprint density at radius 3 is 2.32 bits per heavy atom. The van der Waals surface area contributed by atoms with Crippen LogP contribution in [0.4, 0.5) is 13.2 Å². The van der Waals surface area contributed by atoms with Crippen molar-refractivity contribution in [2.45, 2.75) is 31.5 Å². The third-order valence-electron chi connectivity index (χ3n) is 5.12. The van der Waals surface area contributed by atoms with Crippen LogP contribution in [0.15, 0.2) is 48.0 Å². The van der Waals surface area contributed by atoms with Gasteiger partial charge in [0.2, 0.25) is 0 Å². The van der Waals surface area contributed by atoms with E-state index in [0.717, 1.165) is 36.1 Å². The van der Waals surface area contributed by atoms with Crippen molar-refractivity contribution in [2.24, 2.45) is 0 Å². The summed E-state index contributed by atoms with van der Waals surface area (Å²) in [4.78, 5) is 11.4. The smallest absolute Gasteiger partial charge is 0.416 e. The number of rotatable bonds is 7. The minimum atomic E-state index is -4.47. The van der Waals surface area contributed by atoms with E-state index in [1.54, 1.807) is 24.3 Å². The molecule has 1 fully saturated rings. The topological polar surface area (TPSA) is 91.6 Å². The first-order valence-electron chi connectivity index (χ1n) is 10.7. The number of nitrogens with one attached hydrogen (secondary N) is 2. The van der Waals surface area contributed by atoms with Crippen LogP contribution in [-0.4, -0.2) is 43.4 Å². The molecule has 1 aliphatic heterocycles. The summed E-state index contributed by atoms with van der Waals surface area (Å²) in [5.74, 6) is -0.230. The van der Waals surface area contributed by atoms with Crippen molar-refractivity contribution in [1.82, 2.24) is 5.32 Å². The van der Waals surface area contributed by atoms with E-state index in [1.165, 1.54) is 6.07 Å². The molecule has 0 atom stereocenters. The van der Waals surface area contributed by atoms with E-state index >= 15 is 0 Å². The summed E-state index contributed by atoms with van der Waals surface area (Å²) < 4.78 is 48.9. The van der Waals surface area contributed by atoms with Crippen molar-refractivity contribution >= 4 is 23.1 Å². The second-order valence-electron chi connectivity index (χ2n) is 7.83. The fraction of sp³-hybridized carbons (Fsp3) is 0.375. The highest BCUT2D eigenvalue weighted by molar-refractivity contribution is 6.32. The van der Waals surface area contributed by atoms with Gasteiger partial charge in [-0.05, 0) is 54.4 Å². The summed E-state index contributed by atoms with van der Waals surface area (Å²) in [5, 5.41) is 12.3. The molecule has 0 radical (unpaired) electrons. The fourth-order valence-corrected chi connectivity index (χ4v) is 3.38. The van der Waals surface area contributed by atoms with Gasteiger partial charge in [-0.1, -0.05) is 36.6 Å². The van der Waals surface area contributed by atoms with E-state index in [2.05, 4.69) is 5.32 Å². The fourth-order valence-electron chi connectivity index (χ4n) is 3.15. The Labute approximate surface area is 200 Å². The molecule has 34 heavy (non-hydrogen) atoms. The normalized spacial score (nSPS) is 15.9. The summed E-state index contributed by atoms with van der Waals surface area (Å²) in [7, 11) is 0. The van der Waals surface area contributed by atoms with Crippen molar-refractivity contribution < 1.29 is 32.5 Å². The first-order chi connectivity index (χ1) is 16.1. The molecule has 4 rings (SSSR count). The predicted octanol–water partition coefficient (Wildman–Crippen LogP) is 5.85. The Morgan fingerprint density at radius 1 is 1.12 bits per heavy atom. The standard InChI is InChI=1S/C21H19ClF3NO4.C3H6N/c22-18-11-14(21(23,24)25)3-6-19(18)30-10-9-29-15-4-1-13(2-5-15)16-7-8-26-12-17(16)20(27)28;4-3-1-2-3/h1-6,11,26H,7-10,12H2,(H,27,28);3-4H,1-2H2/q;-1. The van der Waals surface area contributed by atoms with Crippen molar-refractivity contribution in [3.05, 3.63) is 69.9 Å². The maximum Gasteiger partial charge on any atom is 0.416 e. The van der Waals surface area contributed by atoms with E-state index in [1.807, 2.05) is 0 Å². The number of halogens is 4. The van der Waals surface area contributed by atoms with E-state index in [0.29, 0.717) is 36.9 Å². The van der Waals surface area contributed by atoms with Gasteiger partial charge in [-0.25, -0.2) is 4.79 Å². The SMILES string of the molecule is O=C(O)C1=C(c2ccc(OCCOc3ccc(C(F)(F)F)cc3Cl)cc2)CCNC1.[NH-]C1CC1. The number of hydrogen-bond donors (Lipinski definition) is 2. The van der Waals surface area contributed by atoms with Crippen LogP contribution < -0.4 is 14.8 Å². The Balaban J connectivity index is 0.000000732. The Bertz CT molecular complexity index is 1020. The largest absolute Gasteiger partial charge is 0.675 e. The summed E-state index contributed by atoms with van der Waals surface area (Å²) in [6, 6.07) is 10.3. The number of carboxylic acids is 1. The third kappa shape index (κ3) is 7.65. The molecule has 2 aromatic rings. The maximum atomic E-state index is 12.6. The van der Waals surface area contributed by atoms with Crippen LogP contribution >= 0.6 is 11.6 Å². The minimum Gasteiger partial charge on any atom is -0.675 e. The molecule has 2 aromatic carbocycles. The molecule has 0 saturated heterocycles. The number of ether oxygens (including phenoxy) is 2. The third-order valence-corrected chi connectivity index (χ3v) is 5.42. The Kier molecular flexibility index (Phi) is 8.82. The van der Waals surface area contributed by atoms with E-state index in [4.69, 9.17) is 26.8 Å². The summed E-state index contributed by atoms with van der Waals surface area (Å²) in [6.07, 6.45) is -1.53. The average molecular weight is 498 g/mol. The number of alkyl halides is 3. The molecule has 6 nitrogen and oxygen atoms in total. The van der Waals surface area contributed by atoms with Gasteiger partial charge in [-0.3, -0.25) is 0 Å². The van der Waals surface area contributed by atoms with Gasteiger partial charge in [0.05, 0.1) is 16.2 Å². The van der Waals surface area contributed by atoms with Gasteiger partial charge < -0.3 is 25.6 Å². The molecule has 0 spiro atoms. The highest BCUT2D eigenvalue weighted by Crippen LogP contribution is 2.34. The van der Waals surface area contributed by atoms with Gasteiger partial charge >= 0.3 is 12.1 Å². The van der Waals surface area contributed by atoms with Gasteiger partial charge in [-0.2, -0.15) is 13.2 Å². The molecule has 0 aromatic heterocycles. The molecule has 1 aliphatic carbocycles. The summed E-state index contributed by atoms with van der Waals surface area (Å²) in [6.45, 7) is 1.29. The first-order valence-corrected chi connectivity index (χ1v) is 11.1. The van der Waals surface area contributed by atoms with Crippen molar-refractivity contribution in [3.63, 3.8) is 0 Å². The van der Waals surface area contributed by atoms with E-state index in [-0.39, 0.29) is 24.0 Å². The second-order valence-corrected chi connectivity index (χ2v) is 8.23. The predicted molar refractivity (Wildman–Crippen MR) is 123 cm³/mol. The molecule has 2 aliphatic rings. The summed E-state index contributed by atoms with van der Waals surface area (Å²) >= 11 is 5.84. The molecule has 1 saturated carbocycles. The van der Waals surface area contributed by atoms with Crippen LogP contribution in [0.25, 0.3) is 11.3 Å². The molecule has 0 unspecified atom stereocenters. The number of hydrogen-bond acceptors (Lipinski definition) is 4. The number of carbonyl (C=O) groups is 1. The van der Waals surface area contributed by atoms with Crippen LogP contribution in [0.1, 0.15) is 30.4 Å². The van der Waals surface area contributed by atoms with Crippen molar-refractivity contribution in [1.29, 1.82) is 0 Å². The lowest BCUT2D eigenvalue weighted by Crippen LogP contribution is -2.28. The van der Waals surface area contributed by atoms with E-state index < -0.39 is 17.7 Å². The molecule has 184 valence electrons. The van der Waals surface area contributed by atoms with Gasteiger partial charge in [-0.15, -0.1) is 6.04 Å². The quantitative estimate of drug-likeness (QED) is 0.468. The zero-order valence-electron chi connectivity index (χ0n) is 18.3. The Hall–Kier alpha value is -2.75. The molecular weight excluding hydrogens is 473 g/mol. The number of benzene rings is 2. The Morgan fingerprint density at radius 2 is 1.76 bits per heavy atom. The molecule has 1 heterocycles. The number of carboxylic acid groups (broad SMARTS) is 1. The van der Waals surface area contributed by atoms with Crippen LogP contribution in [0.2, 0.25) is 5.02 Å². The maximum absolute atomic E-state index is 12.6. The van der Waals surface area contributed by atoms with Crippen LogP contribution in [0, 0.1) is 0 Å². The van der Waals surface area contributed by atoms with Gasteiger partial charge in [0.25, 0.3) is 0 Å². The van der Waals surface area contributed by atoms with Crippen LogP contribution in [0.5, 0.6) is 11.5 Å². The second kappa shape index (κ2) is 11.6. The average Bonchev–Trinajstić information content (AvgIpc) is 3.59. The highest BCUT2D eigenvalue weighted by Gasteiger charge is 2.31. The van der Waals surface area contributed by atoms with Gasteiger partial charge in [0.1, 0.15) is 24.7 Å². The molecule has 0 amide bonds. The highest BCUT2D eigenvalue weighted by atomic mass is 35.5. The zero-order chi connectivity index (χ0) is 24.7. The lowest BCUT2D eigenvalue weighted by Gasteiger charge is -2.19. The van der Waals surface area contributed by atoms with Crippen molar-refractivity contribution in [3.8, 4) is 11.5 Å². The van der Waals surface area contributed by atoms with Crippen LogP contribution in [0.3, 0.4) is 0 Å². The lowest BCUT2D eigenvalue weighted by atomic mass is 9.94. The van der Waals surface area contributed by atoms with Gasteiger partial charge in [0.15, 0.2) is 0 Å². The minimum absolute atomic E-state index is 0.0901. The first kappa shape index (κ1) is 25.9.